The molecule has 0 saturated carbocycles. The third-order valence-electron chi connectivity index (χ3n) is 3.48. The molecule has 0 amide bonds. The highest BCUT2D eigenvalue weighted by atomic mass is 32.1. The second-order valence-corrected chi connectivity index (χ2v) is 5.44. The van der Waals surface area contributed by atoms with Crippen LogP contribution < -0.4 is 4.74 Å². The SMILES string of the molecule is COc1ccccc1C=CC=Nn1cc(-c2ccccc2)[nH]c1=S. The van der Waals surface area contributed by atoms with Gasteiger partial charge in [-0.05, 0) is 36.0 Å². The van der Waals surface area contributed by atoms with Crippen LogP contribution in [0.1, 0.15) is 5.56 Å². The number of allylic oxidation sites excluding steroid dienone is 1. The van der Waals surface area contributed by atoms with Crippen molar-refractivity contribution in [2.24, 2.45) is 5.10 Å². The number of aromatic nitrogens is 2. The number of hydrogen-bond donors (Lipinski definition) is 1. The number of aromatic amines is 1. The van der Waals surface area contributed by atoms with Gasteiger partial charge in [-0.15, -0.1) is 0 Å². The largest absolute Gasteiger partial charge is 0.496 e. The molecule has 0 bridgehead atoms. The van der Waals surface area contributed by atoms with E-state index in [0.717, 1.165) is 22.6 Å². The number of benzene rings is 2. The average molecular weight is 335 g/mol. The Morgan fingerprint density at radius 3 is 2.62 bits per heavy atom. The average Bonchev–Trinajstić information content (AvgIpc) is 3.00. The van der Waals surface area contributed by atoms with Gasteiger partial charge in [0.2, 0.25) is 0 Å². The molecule has 0 aliphatic rings. The number of para-hydroxylation sites is 1. The van der Waals surface area contributed by atoms with Crippen molar-refractivity contribution in [3.63, 3.8) is 0 Å². The monoisotopic (exact) mass is 335 g/mol. The molecule has 0 aliphatic carbocycles. The standard InChI is InChI=1S/C19H17N3OS/c1-23-18-12-6-5-10-16(18)11-7-13-20-22-14-17(21-19(22)24)15-8-3-2-4-9-15/h2-14H,1H3,(H,21,24). The zero-order chi connectivity index (χ0) is 16.8. The van der Waals surface area contributed by atoms with Crippen molar-refractivity contribution in [2.45, 2.75) is 0 Å². The van der Waals surface area contributed by atoms with Crippen molar-refractivity contribution in [1.29, 1.82) is 0 Å². The molecule has 0 radical (unpaired) electrons. The van der Waals surface area contributed by atoms with Gasteiger partial charge < -0.3 is 9.72 Å². The maximum atomic E-state index is 5.31. The van der Waals surface area contributed by atoms with Crippen LogP contribution >= 0.6 is 12.2 Å². The van der Waals surface area contributed by atoms with E-state index in [-0.39, 0.29) is 0 Å². The number of hydrogen-bond acceptors (Lipinski definition) is 3. The molecular weight excluding hydrogens is 318 g/mol. The third-order valence-corrected chi connectivity index (χ3v) is 3.77. The van der Waals surface area contributed by atoms with Crippen molar-refractivity contribution in [3.05, 3.63) is 77.2 Å². The highest BCUT2D eigenvalue weighted by Gasteiger charge is 2.01. The van der Waals surface area contributed by atoms with E-state index in [1.165, 1.54) is 0 Å². The molecule has 0 saturated heterocycles. The fraction of sp³-hybridized carbons (Fsp3) is 0.0526. The smallest absolute Gasteiger partial charge is 0.198 e. The number of ether oxygens (including phenoxy) is 1. The van der Waals surface area contributed by atoms with Gasteiger partial charge in [-0.3, -0.25) is 0 Å². The molecule has 1 N–H and O–H groups in total. The molecule has 4 nitrogen and oxygen atoms in total. The van der Waals surface area contributed by atoms with Crippen LogP contribution in [-0.2, 0) is 0 Å². The summed E-state index contributed by atoms with van der Waals surface area (Å²) < 4.78 is 7.50. The molecule has 2 aromatic carbocycles. The fourth-order valence-electron chi connectivity index (χ4n) is 2.30. The van der Waals surface area contributed by atoms with E-state index in [9.17, 15) is 0 Å². The van der Waals surface area contributed by atoms with E-state index in [4.69, 9.17) is 17.0 Å². The van der Waals surface area contributed by atoms with Crippen LogP contribution in [0.5, 0.6) is 5.75 Å². The first-order chi connectivity index (χ1) is 11.8. The summed E-state index contributed by atoms with van der Waals surface area (Å²) in [4.78, 5) is 3.16. The quantitative estimate of drug-likeness (QED) is 0.539. The number of nitrogens with zero attached hydrogens (tertiary/aromatic N) is 2. The lowest BCUT2D eigenvalue weighted by Crippen LogP contribution is -1.87. The van der Waals surface area contributed by atoms with Gasteiger partial charge in [0.05, 0.1) is 19.0 Å². The van der Waals surface area contributed by atoms with Crippen LogP contribution in [-0.4, -0.2) is 23.0 Å². The minimum atomic E-state index is 0.552. The Bertz CT molecular complexity index is 923. The van der Waals surface area contributed by atoms with Crippen molar-refractivity contribution in [2.75, 3.05) is 7.11 Å². The van der Waals surface area contributed by atoms with Crippen molar-refractivity contribution in [1.82, 2.24) is 9.66 Å². The van der Waals surface area contributed by atoms with E-state index in [0.29, 0.717) is 4.77 Å². The maximum absolute atomic E-state index is 5.31. The van der Waals surface area contributed by atoms with E-state index in [2.05, 4.69) is 10.1 Å². The Morgan fingerprint density at radius 2 is 1.83 bits per heavy atom. The zero-order valence-electron chi connectivity index (χ0n) is 13.2. The van der Waals surface area contributed by atoms with Gasteiger partial charge in [-0.1, -0.05) is 48.5 Å². The third kappa shape index (κ3) is 3.70. The first-order valence-electron chi connectivity index (χ1n) is 7.49. The van der Waals surface area contributed by atoms with E-state index in [1.807, 2.05) is 72.9 Å². The Balaban J connectivity index is 1.77. The molecule has 1 aromatic heterocycles. The van der Waals surface area contributed by atoms with E-state index < -0.39 is 0 Å². The summed E-state index contributed by atoms with van der Waals surface area (Å²) in [5.74, 6) is 0.826. The predicted octanol–water partition coefficient (Wildman–Crippen LogP) is 4.77. The second-order valence-electron chi connectivity index (χ2n) is 5.05. The number of nitrogens with one attached hydrogen (secondary N) is 1. The molecule has 120 valence electrons. The molecule has 0 spiro atoms. The Labute approximate surface area is 145 Å². The minimum Gasteiger partial charge on any atom is -0.496 e. The van der Waals surface area contributed by atoms with E-state index >= 15 is 0 Å². The van der Waals surface area contributed by atoms with Crippen LogP contribution in [0.25, 0.3) is 17.3 Å². The number of imidazole rings is 1. The van der Waals surface area contributed by atoms with Gasteiger partial charge in [0.25, 0.3) is 0 Å². The van der Waals surface area contributed by atoms with Gasteiger partial charge in [0, 0.05) is 11.8 Å². The molecular formula is C19H17N3OS. The lowest BCUT2D eigenvalue weighted by Gasteiger charge is -2.02. The van der Waals surface area contributed by atoms with E-state index in [1.54, 1.807) is 18.0 Å². The van der Waals surface area contributed by atoms with Crippen LogP contribution in [0.2, 0.25) is 0 Å². The van der Waals surface area contributed by atoms with Gasteiger partial charge in [-0.25, -0.2) is 4.68 Å². The lowest BCUT2D eigenvalue weighted by atomic mass is 10.2. The molecule has 0 atom stereocenters. The van der Waals surface area contributed by atoms with Crippen LogP contribution in [0.3, 0.4) is 0 Å². The topological polar surface area (TPSA) is 42.3 Å². The summed E-state index contributed by atoms with van der Waals surface area (Å²) in [5.41, 5.74) is 3.00. The minimum absolute atomic E-state index is 0.552. The molecule has 0 fully saturated rings. The summed E-state index contributed by atoms with van der Waals surface area (Å²) in [6.07, 6.45) is 7.38. The van der Waals surface area contributed by atoms with Gasteiger partial charge >= 0.3 is 0 Å². The maximum Gasteiger partial charge on any atom is 0.198 e. The van der Waals surface area contributed by atoms with Gasteiger partial charge in [0.1, 0.15) is 5.75 Å². The highest BCUT2D eigenvalue weighted by molar-refractivity contribution is 7.71. The first-order valence-corrected chi connectivity index (χ1v) is 7.90. The first kappa shape index (κ1) is 16.0. The van der Waals surface area contributed by atoms with Crippen molar-refractivity contribution < 1.29 is 4.74 Å². The summed E-state index contributed by atoms with van der Waals surface area (Å²) in [6, 6.07) is 17.8. The van der Waals surface area contributed by atoms with Gasteiger partial charge in [-0.2, -0.15) is 5.10 Å². The summed E-state index contributed by atoms with van der Waals surface area (Å²) in [6.45, 7) is 0. The Morgan fingerprint density at radius 1 is 1.08 bits per heavy atom. The van der Waals surface area contributed by atoms with Crippen LogP contribution in [0, 0.1) is 4.77 Å². The van der Waals surface area contributed by atoms with Gasteiger partial charge in [0.15, 0.2) is 4.77 Å². The summed E-state index contributed by atoms with van der Waals surface area (Å²) in [7, 11) is 1.66. The molecule has 1 heterocycles. The molecule has 0 aliphatic heterocycles. The number of methoxy groups -OCH3 is 1. The van der Waals surface area contributed by atoms with Crippen molar-refractivity contribution in [3.8, 4) is 17.0 Å². The molecule has 5 heteroatoms. The number of H-pyrrole nitrogens is 1. The Hall–Kier alpha value is -2.92. The molecule has 0 unspecified atom stereocenters. The summed E-state index contributed by atoms with van der Waals surface area (Å²) in [5, 5.41) is 4.35. The second kappa shape index (κ2) is 7.57. The molecule has 3 aromatic rings. The molecule has 3 rings (SSSR count). The lowest BCUT2D eigenvalue weighted by molar-refractivity contribution is 0.414. The summed E-state index contributed by atoms with van der Waals surface area (Å²) >= 11 is 5.31. The normalized spacial score (nSPS) is 11.4. The Kier molecular flexibility index (Phi) is 5.03. The van der Waals surface area contributed by atoms with Crippen molar-refractivity contribution >= 4 is 24.5 Å². The predicted molar refractivity (Wildman–Crippen MR) is 101 cm³/mol. The zero-order valence-corrected chi connectivity index (χ0v) is 14.0. The highest BCUT2D eigenvalue weighted by Crippen LogP contribution is 2.18. The fourth-order valence-corrected chi connectivity index (χ4v) is 2.51. The molecule has 24 heavy (non-hydrogen) atoms. The van der Waals surface area contributed by atoms with Crippen LogP contribution in [0.15, 0.2) is 72.0 Å². The van der Waals surface area contributed by atoms with Crippen LogP contribution in [0.4, 0.5) is 0 Å². The number of rotatable bonds is 5.